The van der Waals surface area contributed by atoms with E-state index in [0.717, 1.165) is 0 Å². The van der Waals surface area contributed by atoms with Gasteiger partial charge in [0.1, 0.15) is 5.69 Å². The molecule has 1 atom stereocenters. The van der Waals surface area contributed by atoms with Crippen molar-refractivity contribution in [2.45, 2.75) is 33.4 Å². The van der Waals surface area contributed by atoms with Crippen LogP contribution in [0.5, 0.6) is 0 Å². The number of amides is 2. The molecule has 1 aliphatic rings. The molecule has 0 saturated carbocycles. The first-order valence-electron chi connectivity index (χ1n) is 7.50. The second-order valence-electron chi connectivity index (χ2n) is 5.21. The Kier molecular flexibility index (Phi) is 6.02. The standard InChI is InChI=1S/C14H22N4O4/c1-3-21-6-7-22-5-4-17-9-12(15-16-17)10-18-13(19)8-11(2)14(18)20/h9,11H,3-8,10H2,1-2H3. The Morgan fingerprint density at radius 1 is 1.27 bits per heavy atom. The molecule has 1 aromatic heterocycles. The van der Waals surface area contributed by atoms with Gasteiger partial charge >= 0.3 is 0 Å². The van der Waals surface area contributed by atoms with Gasteiger partial charge in [0.15, 0.2) is 0 Å². The molecule has 0 N–H and O–H groups in total. The van der Waals surface area contributed by atoms with Crippen LogP contribution in [0, 0.1) is 5.92 Å². The van der Waals surface area contributed by atoms with Crippen LogP contribution in [-0.2, 0) is 32.2 Å². The highest BCUT2D eigenvalue weighted by Gasteiger charge is 2.35. The maximum Gasteiger partial charge on any atom is 0.232 e. The van der Waals surface area contributed by atoms with Crippen LogP contribution in [-0.4, -0.2) is 58.1 Å². The van der Waals surface area contributed by atoms with Crippen molar-refractivity contribution in [3.05, 3.63) is 11.9 Å². The minimum absolute atomic E-state index is 0.140. The van der Waals surface area contributed by atoms with E-state index in [4.69, 9.17) is 9.47 Å². The zero-order valence-corrected chi connectivity index (χ0v) is 13.0. The maximum absolute atomic E-state index is 11.8. The molecule has 8 nitrogen and oxygen atoms in total. The summed E-state index contributed by atoms with van der Waals surface area (Å²) in [6.45, 7) is 6.77. The van der Waals surface area contributed by atoms with Gasteiger partial charge in [-0.15, -0.1) is 5.10 Å². The Morgan fingerprint density at radius 3 is 2.73 bits per heavy atom. The molecule has 0 aromatic carbocycles. The first-order valence-corrected chi connectivity index (χ1v) is 7.50. The van der Waals surface area contributed by atoms with Crippen molar-refractivity contribution < 1.29 is 19.1 Å². The van der Waals surface area contributed by atoms with Gasteiger partial charge in [-0.25, -0.2) is 4.68 Å². The van der Waals surface area contributed by atoms with Crippen LogP contribution in [0.1, 0.15) is 26.0 Å². The van der Waals surface area contributed by atoms with Crippen molar-refractivity contribution in [2.75, 3.05) is 26.4 Å². The van der Waals surface area contributed by atoms with Gasteiger partial charge in [-0.1, -0.05) is 12.1 Å². The van der Waals surface area contributed by atoms with Crippen molar-refractivity contribution in [3.63, 3.8) is 0 Å². The molecule has 22 heavy (non-hydrogen) atoms. The Bertz CT molecular complexity index is 517. The van der Waals surface area contributed by atoms with Gasteiger partial charge in [0.2, 0.25) is 11.8 Å². The van der Waals surface area contributed by atoms with Crippen LogP contribution in [0.2, 0.25) is 0 Å². The number of nitrogens with zero attached hydrogens (tertiary/aromatic N) is 4. The highest BCUT2D eigenvalue weighted by Crippen LogP contribution is 2.20. The lowest BCUT2D eigenvalue weighted by molar-refractivity contribution is -0.140. The normalized spacial score (nSPS) is 18.5. The van der Waals surface area contributed by atoms with Crippen LogP contribution in [0.15, 0.2) is 6.20 Å². The number of likely N-dealkylation sites (tertiary alicyclic amines) is 1. The maximum atomic E-state index is 11.8. The summed E-state index contributed by atoms with van der Waals surface area (Å²) in [6, 6.07) is 0. The predicted molar refractivity (Wildman–Crippen MR) is 76.7 cm³/mol. The van der Waals surface area contributed by atoms with E-state index in [-0.39, 0.29) is 30.7 Å². The molecule has 2 heterocycles. The highest BCUT2D eigenvalue weighted by atomic mass is 16.5. The lowest BCUT2D eigenvalue weighted by Gasteiger charge is -2.11. The van der Waals surface area contributed by atoms with Crippen molar-refractivity contribution in [3.8, 4) is 0 Å². The van der Waals surface area contributed by atoms with Gasteiger partial charge in [-0.2, -0.15) is 0 Å². The molecule has 1 aliphatic heterocycles. The number of aromatic nitrogens is 3. The number of hydrogen-bond acceptors (Lipinski definition) is 6. The van der Waals surface area contributed by atoms with Crippen LogP contribution in [0.25, 0.3) is 0 Å². The van der Waals surface area contributed by atoms with Gasteiger partial charge in [0.25, 0.3) is 0 Å². The number of imide groups is 1. The summed E-state index contributed by atoms with van der Waals surface area (Å²) in [5.41, 5.74) is 0.602. The third-order valence-corrected chi connectivity index (χ3v) is 3.42. The van der Waals surface area contributed by atoms with Crippen LogP contribution in [0.4, 0.5) is 0 Å². The van der Waals surface area contributed by atoms with Crippen molar-refractivity contribution >= 4 is 11.8 Å². The number of ether oxygens (including phenoxy) is 2. The minimum atomic E-state index is -0.235. The quantitative estimate of drug-likeness (QED) is 0.479. The summed E-state index contributed by atoms with van der Waals surface area (Å²) in [4.78, 5) is 24.8. The topological polar surface area (TPSA) is 86.5 Å². The summed E-state index contributed by atoms with van der Waals surface area (Å²) in [6.07, 6.45) is 2.01. The summed E-state index contributed by atoms with van der Waals surface area (Å²) >= 11 is 0. The molecule has 0 radical (unpaired) electrons. The van der Waals surface area contributed by atoms with Crippen LogP contribution < -0.4 is 0 Å². The zero-order chi connectivity index (χ0) is 15.9. The fourth-order valence-electron chi connectivity index (χ4n) is 2.22. The molecule has 2 rings (SSSR count). The number of carbonyl (C=O) groups excluding carboxylic acids is 2. The smallest absolute Gasteiger partial charge is 0.232 e. The molecule has 0 bridgehead atoms. The van der Waals surface area contributed by atoms with Gasteiger partial charge in [0.05, 0.1) is 39.1 Å². The van der Waals surface area contributed by atoms with Crippen molar-refractivity contribution in [1.82, 2.24) is 19.9 Å². The Hall–Kier alpha value is -1.80. The Labute approximate surface area is 129 Å². The van der Waals surface area contributed by atoms with E-state index < -0.39 is 0 Å². The molecule has 122 valence electrons. The fraction of sp³-hybridized carbons (Fsp3) is 0.714. The second-order valence-corrected chi connectivity index (χ2v) is 5.21. The monoisotopic (exact) mass is 310 g/mol. The molecule has 0 spiro atoms. The van der Waals surface area contributed by atoms with Gasteiger partial charge < -0.3 is 9.47 Å². The summed E-state index contributed by atoms with van der Waals surface area (Å²) in [5.74, 6) is -0.522. The van der Waals surface area contributed by atoms with E-state index in [1.54, 1.807) is 17.8 Å². The van der Waals surface area contributed by atoms with Gasteiger partial charge in [0, 0.05) is 18.9 Å². The second kappa shape index (κ2) is 8.00. The molecular formula is C14H22N4O4. The Morgan fingerprint density at radius 2 is 2.05 bits per heavy atom. The number of hydrogen-bond donors (Lipinski definition) is 0. The van der Waals surface area contributed by atoms with E-state index in [1.807, 2.05) is 6.92 Å². The lowest BCUT2D eigenvalue weighted by atomic mass is 10.1. The zero-order valence-electron chi connectivity index (χ0n) is 13.0. The van der Waals surface area contributed by atoms with Crippen LogP contribution in [0.3, 0.4) is 0 Å². The molecule has 0 aliphatic carbocycles. The van der Waals surface area contributed by atoms with E-state index in [0.29, 0.717) is 38.7 Å². The van der Waals surface area contributed by atoms with Gasteiger partial charge in [-0.3, -0.25) is 14.5 Å². The number of rotatable bonds is 9. The molecular weight excluding hydrogens is 288 g/mol. The summed E-state index contributed by atoms with van der Waals surface area (Å²) in [5, 5.41) is 7.96. The average molecular weight is 310 g/mol. The third-order valence-electron chi connectivity index (χ3n) is 3.42. The molecule has 1 saturated heterocycles. The first-order chi connectivity index (χ1) is 10.6. The van der Waals surface area contributed by atoms with Crippen LogP contribution >= 0.6 is 0 Å². The van der Waals surface area contributed by atoms with E-state index in [1.165, 1.54) is 4.90 Å². The molecule has 1 aromatic rings. The lowest BCUT2D eigenvalue weighted by Crippen LogP contribution is -2.29. The average Bonchev–Trinajstić information content (AvgIpc) is 3.03. The van der Waals surface area contributed by atoms with Gasteiger partial charge in [-0.05, 0) is 6.92 Å². The van der Waals surface area contributed by atoms with Crippen molar-refractivity contribution in [1.29, 1.82) is 0 Å². The van der Waals surface area contributed by atoms with E-state index in [2.05, 4.69) is 10.3 Å². The highest BCUT2D eigenvalue weighted by molar-refractivity contribution is 6.03. The third kappa shape index (κ3) is 4.35. The first kappa shape index (κ1) is 16.6. The van der Waals surface area contributed by atoms with Crippen molar-refractivity contribution in [2.24, 2.45) is 5.92 Å². The minimum Gasteiger partial charge on any atom is -0.379 e. The molecule has 8 heteroatoms. The number of carbonyl (C=O) groups is 2. The Balaban J connectivity index is 1.75. The van der Waals surface area contributed by atoms with E-state index in [9.17, 15) is 9.59 Å². The summed E-state index contributed by atoms with van der Waals surface area (Å²) < 4.78 is 12.2. The van der Waals surface area contributed by atoms with E-state index >= 15 is 0 Å². The largest absolute Gasteiger partial charge is 0.379 e. The molecule has 2 amide bonds. The summed E-state index contributed by atoms with van der Waals surface area (Å²) in [7, 11) is 0. The molecule has 1 fully saturated rings. The molecule has 1 unspecified atom stereocenters. The fourth-order valence-corrected chi connectivity index (χ4v) is 2.22. The SMILES string of the molecule is CCOCCOCCn1cc(CN2C(=O)CC(C)C2=O)nn1. The predicted octanol–water partition coefficient (Wildman–Crippen LogP) is 0.226.